The van der Waals surface area contributed by atoms with Crippen molar-refractivity contribution >= 4 is 16.9 Å². The van der Waals surface area contributed by atoms with Crippen LogP contribution in [0.5, 0.6) is 11.5 Å². The van der Waals surface area contributed by atoms with E-state index in [1.807, 2.05) is 59.3 Å². The van der Waals surface area contributed by atoms with Crippen LogP contribution in [0.4, 0.5) is 5.82 Å². The molecule has 0 bridgehead atoms. The average molecular weight is 399 g/mol. The summed E-state index contributed by atoms with van der Waals surface area (Å²) < 4.78 is 7.85. The van der Waals surface area contributed by atoms with Crippen molar-refractivity contribution in [1.29, 1.82) is 0 Å². The van der Waals surface area contributed by atoms with E-state index in [1.54, 1.807) is 0 Å². The highest BCUT2D eigenvalue weighted by Crippen LogP contribution is 2.36. The van der Waals surface area contributed by atoms with E-state index in [0.29, 0.717) is 11.9 Å². The standard InChI is InChI=1S/C23H23N6O/c1-15(2)28-12-17(13-28)29-23-20(22(24)25-14-26-23)21(27-29)16-8-10-19(11-9-16)30-18-6-4-3-5-7-18/h3-12,14-15,17H,13H2,1-2H3,(H2,24,25,26). The van der Waals surface area contributed by atoms with Crippen molar-refractivity contribution < 1.29 is 4.74 Å². The van der Waals surface area contributed by atoms with Gasteiger partial charge in [0.05, 0.1) is 18.0 Å². The molecular weight excluding hydrogens is 376 g/mol. The van der Waals surface area contributed by atoms with Gasteiger partial charge < -0.3 is 10.5 Å². The molecular formula is C23H23N6O. The van der Waals surface area contributed by atoms with Gasteiger partial charge in [-0.2, -0.15) is 5.10 Å². The first-order valence-corrected chi connectivity index (χ1v) is 10.0. The molecule has 2 N–H and O–H groups in total. The molecule has 1 saturated heterocycles. The number of likely N-dealkylation sites (tertiary alicyclic amines) is 1. The van der Waals surface area contributed by atoms with E-state index < -0.39 is 0 Å². The fourth-order valence-corrected chi connectivity index (χ4v) is 3.66. The Balaban J connectivity index is 1.48. The molecule has 1 atom stereocenters. The molecule has 151 valence electrons. The number of nitrogens with two attached hydrogens (primary N) is 1. The summed E-state index contributed by atoms with van der Waals surface area (Å²) in [5.41, 5.74) is 8.71. The third-order valence-corrected chi connectivity index (χ3v) is 5.36. The lowest BCUT2D eigenvalue weighted by Gasteiger charge is -2.41. The summed E-state index contributed by atoms with van der Waals surface area (Å²) in [6, 6.07) is 18.2. The van der Waals surface area contributed by atoms with Crippen LogP contribution in [0, 0.1) is 6.54 Å². The quantitative estimate of drug-likeness (QED) is 0.539. The molecule has 4 aromatic rings. The average Bonchev–Trinajstić information content (AvgIpc) is 3.09. The van der Waals surface area contributed by atoms with Crippen LogP contribution in [0.1, 0.15) is 19.9 Å². The lowest BCUT2D eigenvalue weighted by Crippen LogP contribution is -2.47. The van der Waals surface area contributed by atoms with Gasteiger partial charge in [-0.25, -0.2) is 14.6 Å². The number of hydrogen-bond acceptors (Lipinski definition) is 6. The lowest BCUT2D eigenvalue weighted by atomic mass is 10.1. The molecule has 1 aliphatic heterocycles. The van der Waals surface area contributed by atoms with Gasteiger partial charge in [-0.05, 0) is 50.2 Å². The molecule has 0 spiro atoms. The van der Waals surface area contributed by atoms with Crippen LogP contribution in [0.2, 0.25) is 0 Å². The third-order valence-electron chi connectivity index (χ3n) is 5.36. The molecule has 0 aliphatic carbocycles. The van der Waals surface area contributed by atoms with Gasteiger partial charge >= 0.3 is 0 Å². The van der Waals surface area contributed by atoms with Crippen molar-refractivity contribution in [2.24, 2.45) is 0 Å². The van der Waals surface area contributed by atoms with E-state index in [2.05, 4.69) is 35.3 Å². The van der Waals surface area contributed by atoms with E-state index in [-0.39, 0.29) is 6.04 Å². The molecule has 1 fully saturated rings. The van der Waals surface area contributed by atoms with Crippen LogP contribution < -0.4 is 10.5 Å². The number of benzene rings is 2. The van der Waals surface area contributed by atoms with Gasteiger partial charge in [0.2, 0.25) is 0 Å². The minimum Gasteiger partial charge on any atom is -0.457 e. The zero-order valence-electron chi connectivity index (χ0n) is 16.9. The highest BCUT2D eigenvalue weighted by Gasteiger charge is 2.33. The zero-order chi connectivity index (χ0) is 20.7. The molecule has 1 unspecified atom stereocenters. The van der Waals surface area contributed by atoms with Crippen LogP contribution in [0.25, 0.3) is 22.3 Å². The summed E-state index contributed by atoms with van der Waals surface area (Å²) in [7, 11) is 0. The first-order chi connectivity index (χ1) is 14.6. The number of ether oxygens (including phenoxy) is 1. The maximum absolute atomic E-state index is 6.23. The predicted octanol–water partition coefficient (Wildman–Crippen LogP) is 4.29. The Labute approximate surface area is 175 Å². The second-order valence-corrected chi connectivity index (χ2v) is 7.70. The number of rotatable bonds is 5. The Bertz CT molecular complexity index is 1160. The van der Waals surface area contributed by atoms with Crippen LogP contribution in [-0.2, 0) is 0 Å². The molecule has 1 radical (unpaired) electrons. The molecule has 1 aliphatic rings. The second-order valence-electron chi connectivity index (χ2n) is 7.70. The van der Waals surface area contributed by atoms with Crippen LogP contribution in [-0.4, -0.2) is 37.2 Å². The zero-order valence-corrected chi connectivity index (χ0v) is 16.9. The van der Waals surface area contributed by atoms with Crippen molar-refractivity contribution in [3.05, 3.63) is 67.5 Å². The van der Waals surface area contributed by atoms with Gasteiger partial charge in [0.15, 0.2) is 5.65 Å². The summed E-state index contributed by atoms with van der Waals surface area (Å²) in [6.07, 6.45) is 1.50. The molecule has 3 heterocycles. The maximum atomic E-state index is 6.23. The van der Waals surface area contributed by atoms with E-state index in [4.69, 9.17) is 15.6 Å². The van der Waals surface area contributed by atoms with Crippen molar-refractivity contribution in [1.82, 2.24) is 24.6 Å². The van der Waals surface area contributed by atoms with E-state index in [9.17, 15) is 0 Å². The Morgan fingerprint density at radius 1 is 1.00 bits per heavy atom. The van der Waals surface area contributed by atoms with Crippen LogP contribution in [0.15, 0.2) is 60.9 Å². The molecule has 2 aromatic heterocycles. The van der Waals surface area contributed by atoms with Crippen molar-refractivity contribution in [2.75, 3.05) is 12.3 Å². The fourth-order valence-electron chi connectivity index (χ4n) is 3.66. The van der Waals surface area contributed by atoms with E-state index in [1.165, 1.54) is 6.33 Å². The number of nitrogen functional groups attached to an aromatic ring is 1. The predicted molar refractivity (Wildman–Crippen MR) is 117 cm³/mol. The van der Waals surface area contributed by atoms with Gasteiger partial charge in [-0.1, -0.05) is 18.2 Å². The number of nitrogens with zero attached hydrogens (tertiary/aromatic N) is 5. The maximum Gasteiger partial charge on any atom is 0.164 e. The van der Waals surface area contributed by atoms with E-state index in [0.717, 1.165) is 40.3 Å². The smallest absolute Gasteiger partial charge is 0.164 e. The molecule has 0 amide bonds. The van der Waals surface area contributed by atoms with Crippen molar-refractivity contribution in [2.45, 2.75) is 25.9 Å². The Morgan fingerprint density at radius 2 is 1.70 bits per heavy atom. The van der Waals surface area contributed by atoms with Gasteiger partial charge in [0.1, 0.15) is 29.3 Å². The summed E-state index contributed by atoms with van der Waals surface area (Å²) in [4.78, 5) is 11.0. The Hall–Kier alpha value is -3.45. The van der Waals surface area contributed by atoms with Gasteiger partial charge in [-0.15, -0.1) is 0 Å². The topological polar surface area (TPSA) is 82.1 Å². The molecule has 5 rings (SSSR count). The summed E-state index contributed by atoms with van der Waals surface area (Å²) in [6.45, 7) is 7.45. The van der Waals surface area contributed by atoms with Gasteiger partial charge in [0.25, 0.3) is 0 Å². The molecule has 2 aromatic carbocycles. The van der Waals surface area contributed by atoms with Crippen LogP contribution >= 0.6 is 0 Å². The number of para-hydroxylation sites is 1. The summed E-state index contributed by atoms with van der Waals surface area (Å²) >= 11 is 0. The van der Waals surface area contributed by atoms with Crippen LogP contribution in [0.3, 0.4) is 0 Å². The van der Waals surface area contributed by atoms with Crippen molar-refractivity contribution in [3.8, 4) is 22.8 Å². The van der Waals surface area contributed by atoms with Crippen molar-refractivity contribution in [3.63, 3.8) is 0 Å². The highest BCUT2D eigenvalue weighted by atomic mass is 16.5. The Kier molecular flexibility index (Phi) is 4.59. The normalized spacial score (nSPS) is 14.9. The van der Waals surface area contributed by atoms with Gasteiger partial charge in [0, 0.05) is 18.2 Å². The molecule has 7 heteroatoms. The number of hydrogen-bond donors (Lipinski definition) is 1. The summed E-state index contributed by atoms with van der Waals surface area (Å²) in [5, 5.41) is 5.67. The first kappa shape index (κ1) is 18.6. The number of fused-ring (bicyclic) bond motifs is 1. The largest absolute Gasteiger partial charge is 0.457 e. The minimum atomic E-state index is 0.165. The number of aromatic nitrogens is 4. The SMILES string of the molecule is CC(C)N1[CH]C(n2nc(-c3ccc(Oc4ccccc4)cc3)c3c(N)ncnc32)C1. The molecule has 7 nitrogen and oxygen atoms in total. The summed E-state index contributed by atoms with van der Waals surface area (Å²) in [5.74, 6) is 2.00. The van der Waals surface area contributed by atoms with E-state index >= 15 is 0 Å². The Morgan fingerprint density at radius 3 is 2.40 bits per heavy atom. The number of anilines is 1. The first-order valence-electron chi connectivity index (χ1n) is 10.0. The molecule has 0 saturated carbocycles. The molecule has 30 heavy (non-hydrogen) atoms. The van der Waals surface area contributed by atoms with Gasteiger partial charge in [-0.3, -0.25) is 4.90 Å². The monoisotopic (exact) mass is 399 g/mol. The minimum absolute atomic E-state index is 0.165. The third kappa shape index (κ3) is 3.27. The lowest BCUT2D eigenvalue weighted by molar-refractivity contribution is 0.127. The second kappa shape index (κ2) is 7.42. The fraction of sp³-hybridized carbons (Fsp3) is 0.217. The highest BCUT2D eigenvalue weighted by molar-refractivity contribution is 5.98.